The van der Waals surface area contributed by atoms with Crippen LogP contribution in [0.3, 0.4) is 0 Å². The lowest BCUT2D eigenvalue weighted by Crippen LogP contribution is -2.45. The van der Waals surface area contributed by atoms with Gasteiger partial charge in [0.05, 0.1) is 6.61 Å². The van der Waals surface area contributed by atoms with Crippen LogP contribution in [0.15, 0.2) is 18.2 Å². The molecule has 0 N–H and O–H groups in total. The number of benzene rings is 1. The zero-order chi connectivity index (χ0) is 13.1. The Hall–Kier alpha value is -1.06. The summed E-state index contributed by atoms with van der Waals surface area (Å²) in [7, 11) is 0. The third-order valence-electron chi connectivity index (χ3n) is 4.29. The number of rotatable bonds is 3. The normalized spacial score (nSPS) is 20.9. The first-order valence-corrected chi connectivity index (χ1v) is 7.54. The van der Waals surface area contributed by atoms with E-state index >= 15 is 0 Å². The Bertz CT molecular complexity index is 425. The van der Waals surface area contributed by atoms with E-state index in [0.717, 1.165) is 25.3 Å². The monoisotopic (exact) mass is 260 g/mol. The van der Waals surface area contributed by atoms with Gasteiger partial charge in [0.2, 0.25) is 0 Å². The summed E-state index contributed by atoms with van der Waals surface area (Å²) in [6, 6.07) is 6.74. The Kier molecular flexibility index (Phi) is 4.04. The van der Waals surface area contributed by atoms with Crippen LogP contribution in [0, 0.1) is 0 Å². The van der Waals surface area contributed by atoms with E-state index in [0.29, 0.717) is 0 Å². The first-order valence-electron chi connectivity index (χ1n) is 7.54. The SMILES string of the molecule is CCN1CCN(Cc2ccc3c(c2)CCCO3)CC1. The Balaban J connectivity index is 1.61. The van der Waals surface area contributed by atoms with Crippen LogP contribution in [0.5, 0.6) is 5.75 Å². The Morgan fingerprint density at radius 3 is 2.68 bits per heavy atom. The first kappa shape index (κ1) is 12.9. The summed E-state index contributed by atoms with van der Waals surface area (Å²) in [5.74, 6) is 1.10. The van der Waals surface area contributed by atoms with Crippen LogP contribution < -0.4 is 4.74 Å². The smallest absolute Gasteiger partial charge is 0.122 e. The van der Waals surface area contributed by atoms with Gasteiger partial charge < -0.3 is 9.64 Å². The third-order valence-corrected chi connectivity index (χ3v) is 4.29. The lowest BCUT2D eigenvalue weighted by molar-refractivity contribution is 0.132. The molecule has 2 heterocycles. The molecule has 0 unspecified atom stereocenters. The summed E-state index contributed by atoms with van der Waals surface area (Å²) in [6.45, 7) is 10.2. The van der Waals surface area contributed by atoms with Crippen molar-refractivity contribution in [1.82, 2.24) is 9.80 Å². The molecule has 0 aromatic heterocycles. The van der Waals surface area contributed by atoms with Gasteiger partial charge >= 0.3 is 0 Å². The molecule has 1 aromatic rings. The molecule has 3 nitrogen and oxygen atoms in total. The highest BCUT2D eigenvalue weighted by Gasteiger charge is 2.16. The summed E-state index contributed by atoms with van der Waals surface area (Å²) in [5, 5.41) is 0. The quantitative estimate of drug-likeness (QED) is 0.828. The number of likely N-dealkylation sites (N-methyl/N-ethyl adjacent to an activating group) is 1. The van der Waals surface area contributed by atoms with Gasteiger partial charge in [0.1, 0.15) is 5.75 Å². The number of nitrogens with zero attached hydrogens (tertiary/aromatic N) is 2. The molecule has 0 aliphatic carbocycles. The van der Waals surface area contributed by atoms with Gasteiger partial charge in [-0.05, 0) is 36.6 Å². The molecular formula is C16H24N2O. The molecule has 0 saturated carbocycles. The molecule has 19 heavy (non-hydrogen) atoms. The molecule has 1 saturated heterocycles. The lowest BCUT2D eigenvalue weighted by atomic mass is 10.0. The van der Waals surface area contributed by atoms with E-state index in [1.807, 2.05) is 0 Å². The number of piperazine rings is 1. The molecule has 3 heteroatoms. The second-order valence-corrected chi connectivity index (χ2v) is 5.60. The van der Waals surface area contributed by atoms with Crippen molar-refractivity contribution in [2.45, 2.75) is 26.3 Å². The second kappa shape index (κ2) is 5.93. The molecule has 2 aliphatic heterocycles. The van der Waals surface area contributed by atoms with E-state index in [4.69, 9.17) is 4.74 Å². The van der Waals surface area contributed by atoms with Crippen LogP contribution in [-0.4, -0.2) is 49.1 Å². The van der Waals surface area contributed by atoms with E-state index in [2.05, 4.69) is 34.9 Å². The zero-order valence-corrected chi connectivity index (χ0v) is 11.9. The van der Waals surface area contributed by atoms with Crippen molar-refractivity contribution in [2.75, 3.05) is 39.3 Å². The summed E-state index contributed by atoms with van der Waals surface area (Å²) < 4.78 is 5.68. The first-order chi connectivity index (χ1) is 9.35. The van der Waals surface area contributed by atoms with Gasteiger partial charge in [0, 0.05) is 32.7 Å². The maximum absolute atomic E-state index is 5.68. The predicted molar refractivity (Wildman–Crippen MR) is 77.6 cm³/mol. The number of ether oxygens (including phenoxy) is 1. The maximum Gasteiger partial charge on any atom is 0.122 e. The van der Waals surface area contributed by atoms with Crippen molar-refractivity contribution >= 4 is 0 Å². The highest BCUT2D eigenvalue weighted by atomic mass is 16.5. The van der Waals surface area contributed by atoms with E-state index in [1.54, 1.807) is 0 Å². The summed E-state index contributed by atoms with van der Waals surface area (Å²) in [5.41, 5.74) is 2.84. The highest BCUT2D eigenvalue weighted by molar-refractivity contribution is 5.38. The van der Waals surface area contributed by atoms with Crippen molar-refractivity contribution in [1.29, 1.82) is 0 Å². The highest BCUT2D eigenvalue weighted by Crippen LogP contribution is 2.26. The summed E-state index contributed by atoms with van der Waals surface area (Å²) >= 11 is 0. The lowest BCUT2D eigenvalue weighted by Gasteiger charge is -2.34. The number of fused-ring (bicyclic) bond motifs is 1. The van der Waals surface area contributed by atoms with Crippen LogP contribution >= 0.6 is 0 Å². The number of hydrogen-bond donors (Lipinski definition) is 0. The molecule has 3 rings (SSSR count). The maximum atomic E-state index is 5.68. The minimum absolute atomic E-state index is 0.880. The standard InChI is InChI=1S/C16H24N2O/c1-2-17-7-9-18(10-8-17)13-14-5-6-16-15(12-14)4-3-11-19-16/h5-6,12H,2-4,7-11,13H2,1H3. The van der Waals surface area contributed by atoms with Crippen LogP contribution in [0.1, 0.15) is 24.5 Å². The van der Waals surface area contributed by atoms with Gasteiger partial charge in [-0.25, -0.2) is 0 Å². The number of aryl methyl sites for hydroxylation is 1. The largest absolute Gasteiger partial charge is 0.493 e. The minimum atomic E-state index is 0.880. The summed E-state index contributed by atoms with van der Waals surface area (Å²) in [4.78, 5) is 5.09. The number of hydrogen-bond acceptors (Lipinski definition) is 3. The molecule has 0 bridgehead atoms. The fourth-order valence-corrected chi connectivity index (χ4v) is 3.03. The van der Waals surface area contributed by atoms with Crippen molar-refractivity contribution in [2.24, 2.45) is 0 Å². The predicted octanol–water partition coefficient (Wildman–Crippen LogP) is 2.15. The molecule has 1 aromatic carbocycles. The van der Waals surface area contributed by atoms with Crippen molar-refractivity contribution < 1.29 is 4.74 Å². The van der Waals surface area contributed by atoms with E-state index in [9.17, 15) is 0 Å². The topological polar surface area (TPSA) is 15.7 Å². The second-order valence-electron chi connectivity index (χ2n) is 5.60. The molecule has 2 aliphatic rings. The Labute approximate surface area is 116 Å². The molecule has 104 valence electrons. The average molecular weight is 260 g/mol. The van der Waals surface area contributed by atoms with E-state index < -0.39 is 0 Å². The average Bonchev–Trinajstić information content (AvgIpc) is 2.48. The third kappa shape index (κ3) is 3.10. The van der Waals surface area contributed by atoms with Gasteiger partial charge in [-0.3, -0.25) is 4.90 Å². The van der Waals surface area contributed by atoms with Gasteiger partial charge in [-0.2, -0.15) is 0 Å². The van der Waals surface area contributed by atoms with Gasteiger partial charge in [-0.1, -0.05) is 19.1 Å². The molecular weight excluding hydrogens is 236 g/mol. The summed E-state index contributed by atoms with van der Waals surface area (Å²) in [6.07, 6.45) is 2.33. The van der Waals surface area contributed by atoms with Crippen LogP contribution in [0.2, 0.25) is 0 Å². The molecule has 0 atom stereocenters. The van der Waals surface area contributed by atoms with Crippen LogP contribution in [0.4, 0.5) is 0 Å². The Morgan fingerprint density at radius 2 is 1.89 bits per heavy atom. The van der Waals surface area contributed by atoms with Gasteiger partial charge in [-0.15, -0.1) is 0 Å². The zero-order valence-electron chi connectivity index (χ0n) is 11.9. The molecule has 0 spiro atoms. The van der Waals surface area contributed by atoms with Crippen molar-refractivity contribution in [3.8, 4) is 5.75 Å². The molecule has 1 fully saturated rings. The van der Waals surface area contributed by atoms with Gasteiger partial charge in [0.25, 0.3) is 0 Å². The van der Waals surface area contributed by atoms with Crippen molar-refractivity contribution in [3.63, 3.8) is 0 Å². The van der Waals surface area contributed by atoms with Gasteiger partial charge in [0.15, 0.2) is 0 Å². The Morgan fingerprint density at radius 1 is 1.11 bits per heavy atom. The van der Waals surface area contributed by atoms with E-state index in [-0.39, 0.29) is 0 Å². The minimum Gasteiger partial charge on any atom is -0.493 e. The van der Waals surface area contributed by atoms with E-state index in [1.165, 1.54) is 50.3 Å². The van der Waals surface area contributed by atoms with Crippen LogP contribution in [-0.2, 0) is 13.0 Å². The van der Waals surface area contributed by atoms with Crippen molar-refractivity contribution in [3.05, 3.63) is 29.3 Å². The fourth-order valence-electron chi connectivity index (χ4n) is 3.03. The fraction of sp³-hybridized carbons (Fsp3) is 0.625. The molecule has 0 radical (unpaired) electrons. The van der Waals surface area contributed by atoms with Crippen LogP contribution in [0.25, 0.3) is 0 Å². The molecule has 0 amide bonds.